The number of carbonyl (C=O) groups excluding carboxylic acids is 4. The van der Waals surface area contributed by atoms with Crippen LogP contribution in [0.3, 0.4) is 0 Å². The van der Waals surface area contributed by atoms with Gasteiger partial charge in [-0.2, -0.15) is 0 Å². The van der Waals surface area contributed by atoms with Crippen LogP contribution in [0.4, 0.5) is 0 Å². The Morgan fingerprint density at radius 3 is 1.11 bits per heavy atom. The lowest BCUT2D eigenvalue weighted by molar-refractivity contribution is -0.148. The first-order chi connectivity index (χ1) is 20.5. The van der Waals surface area contributed by atoms with Gasteiger partial charge in [0.05, 0.1) is 49.9 Å². The number of esters is 2. The maximum atomic E-state index is 11.4. The lowest BCUT2D eigenvalue weighted by Crippen LogP contribution is -2.42. The molecule has 0 saturated heterocycles. The highest BCUT2D eigenvalue weighted by molar-refractivity contribution is 6.36. The summed E-state index contributed by atoms with van der Waals surface area (Å²) in [7, 11) is 0. The molecule has 2 heterocycles. The summed E-state index contributed by atoms with van der Waals surface area (Å²) in [5, 5.41) is 20.6. The molecule has 0 unspecified atom stereocenters. The van der Waals surface area contributed by atoms with Crippen LogP contribution in [-0.2, 0) is 47.7 Å². The molecule has 0 aromatic carbocycles. The summed E-state index contributed by atoms with van der Waals surface area (Å²) in [6.07, 6.45) is 0. The molecule has 0 radical (unpaired) electrons. The fraction of sp³-hybridized carbons (Fsp3) is 0.742. The maximum Gasteiger partial charge on any atom is 0.309 e. The van der Waals surface area contributed by atoms with Crippen molar-refractivity contribution in [3.8, 4) is 0 Å². The van der Waals surface area contributed by atoms with Crippen LogP contribution in [-0.4, -0.2) is 110 Å². The third kappa shape index (κ3) is 28.9. The van der Waals surface area contributed by atoms with E-state index in [-0.39, 0.29) is 85.6 Å². The number of hydrogen-bond donors (Lipinski definition) is 4. The predicted molar refractivity (Wildman–Crippen MR) is 181 cm³/mol. The highest BCUT2D eigenvalue weighted by atomic mass is 16.5. The van der Waals surface area contributed by atoms with Crippen LogP contribution < -0.4 is 10.6 Å². The Morgan fingerprint density at radius 1 is 0.638 bits per heavy atom. The zero-order chi connectivity index (χ0) is 34.2. The Morgan fingerprint density at radius 2 is 0.915 bits per heavy atom. The molecule has 0 aromatic rings. The SMILES string of the molecule is C.C.C.C1COC(C2=NCCO2)=N1.CC(C)C(=O)O.CC(C)C(=O)O.CC(C)C(=O)OCCNC(=O)C(=O)NCCOC(=O)C(C)C.[2HH]. The number of hydrogen-bond acceptors (Lipinski definition) is 12. The van der Waals surface area contributed by atoms with Crippen LogP contribution in [0.25, 0.3) is 0 Å². The van der Waals surface area contributed by atoms with Crippen LogP contribution >= 0.6 is 0 Å². The van der Waals surface area contributed by atoms with Crippen molar-refractivity contribution in [1.82, 2.24) is 10.6 Å². The second-order valence-electron chi connectivity index (χ2n) is 10.2. The van der Waals surface area contributed by atoms with Gasteiger partial charge < -0.3 is 39.8 Å². The Balaban J connectivity index is -0.000000140. The van der Waals surface area contributed by atoms with Crippen molar-refractivity contribution in [2.24, 2.45) is 33.7 Å². The summed E-state index contributed by atoms with van der Waals surface area (Å²) in [6, 6.07) is 0. The molecule has 4 N–H and O–H groups in total. The molecule has 0 bridgehead atoms. The Labute approximate surface area is 281 Å². The fourth-order valence-corrected chi connectivity index (χ4v) is 2.06. The lowest BCUT2D eigenvalue weighted by atomic mass is 10.2. The molecule has 2 amide bonds. The minimum atomic E-state index is -0.837. The molecule has 2 rings (SSSR count). The van der Waals surface area contributed by atoms with Crippen molar-refractivity contribution in [3.63, 3.8) is 0 Å². The number of amides is 2. The molecule has 47 heavy (non-hydrogen) atoms. The van der Waals surface area contributed by atoms with Crippen LogP contribution in [0.1, 0.15) is 79.1 Å². The summed E-state index contributed by atoms with van der Waals surface area (Å²) >= 11 is 0. The van der Waals surface area contributed by atoms with Gasteiger partial charge in [-0.3, -0.25) is 28.8 Å². The van der Waals surface area contributed by atoms with E-state index in [0.29, 0.717) is 25.0 Å². The minimum Gasteiger partial charge on any atom is -0.481 e. The minimum absolute atomic E-state index is 0. The molecule has 2 aliphatic rings. The number of carboxylic acid groups (broad SMARTS) is 2. The zero-order valence-electron chi connectivity index (χ0n) is 26.8. The third-order valence-electron chi connectivity index (χ3n) is 4.75. The monoisotopic (exact) mass is 683 g/mol. The van der Waals surface area contributed by atoms with E-state index in [1.807, 2.05) is 0 Å². The average molecular weight is 684 g/mol. The standard InChI is InChI=1S/C14H24N2O6.C6H8N2O2.2C4H8O2.3CH4.H2/c1-9(2)13(19)21-7-5-15-11(17)12(18)16-6-8-22-14(20)10(3)4;1-3-9-5(7-1)6-8-2-4-10-6;2*1-3(2)4(5)6;;;;/h9-10H,5-8H2,1-4H3,(H,15,17)(H,16,18);1-4H2;2*3H,1-2H3,(H,5,6);3*1H4;1H/i;;;;;;;1+1. The number of ether oxygens (including phenoxy) is 4. The Hall–Kier alpha value is -4.24. The van der Waals surface area contributed by atoms with Gasteiger partial charge in [0.25, 0.3) is 11.8 Å². The van der Waals surface area contributed by atoms with Gasteiger partial charge in [-0.25, -0.2) is 9.98 Å². The number of aliphatic carboxylic acids is 2. The van der Waals surface area contributed by atoms with Crippen LogP contribution in [0.2, 0.25) is 0 Å². The Kier molecular flexibility index (Phi) is 33.8. The molecule has 16 nitrogen and oxygen atoms in total. The zero-order valence-corrected chi connectivity index (χ0v) is 26.8. The van der Waals surface area contributed by atoms with E-state index in [9.17, 15) is 28.8 Å². The number of nitrogens with zero attached hydrogens (tertiary/aromatic N) is 2. The first-order valence-corrected chi connectivity index (χ1v) is 14.2. The normalized spacial score (nSPS) is 12.1. The molecule has 0 spiro atoms. The predicted octanol–water partition coefficient (Wildman–Crippen LogP) is 3.07. The summed E-state index contributed by atoms with van der Waals surface area (Å²) < 4.78 is 19.9. The van der Waals surface area contributed by atoms with Gasteiger partial charge in [0.15, 0.2) is 0 Å². The molecule has 278 valence electrons. The molecule has 0 aromatic heterocycles. The first-order valence-electron chi connectivity index (χ1n) is 14.2. The van der Waals surface area contributed by atoms with Crippen molar-refractivity contribution in [1.29, 1.82) is 0 Å². The summed E-state index contributed by atoms with van der Waals surface area (Å²) in [6.45, 7) is 16.2. The van der Waals surface area contributed by atoms with E-state index in [2.05, 4.69) is 20.6 Å². The van der Waals surface area contributed by atoms with Gasteiger partial charge in [-0.1, -0.05) is 77.7 Å². The van der Waals surface area contributed by atoms with E-state index in [1.165, 1.54) is 0 Å². The summed E-state index contributed by atoms with van der Waals surface area (Å²) in [5.74, 6) is -3.68. The highest BCUT2D eigenvalue weighted by Gasteiger charge is 2.19. The van der Waals surface area contributed by atoms with Gasteiger partial charge in [0.1, 0.15) is 26.4 Å². The smallest absolute Gasteiger partial charge is 0.309 e. The largest absolute Gasteiger partial charge is 0.481 e. The van der Waals surface area contributed by atoms with E-state index < -0.39 is 23.8 Å². The second kappa shape index (κ2) is 30.4. The van der Waals surface area contributed by atoms with Gasteiger partial charge in [-0.15, -0.1) is 0 Å². The first kappa shape index (κ1) is 52.3. The molecule has 0 saturated carbocycles. The molecule has 0 atom stereocenters. The van der Waals surface area contributed by atoms with Crippen molar-refractivity contribution >= 4 is 47.5 Å². The maximum absolute atomic E-state index is 11.4. The third-order valence-corrected chi connectivity index (χ3v) is 4.75. The molecule has 0 fully saturated rings. The summed E-state index contributed by atoms with van der Waals surface area (Å²) in [5.41, 5.74) is 0. The fourth-order valence-electron chi connectivity index (χ4n) is 2.06. The van der Waals surface area contributed by atoms with E-state index in [0.717, 1.165) is 13.1 Å². The molecule has 0 aliphatic carbocycles. The quantitative estimate of drug-likeness (QED) is 0.140. The van der Waals surface area contributed by atoms with Crippen LogP contribution in [0.5, 0.6) is 0 Å². The van der Waals surface area contributed by atoms with Gasteiger partial charge in [-0.05, 0) is 0 Å². The Bertz CT molecular complexity index is 922. The van der Waals surface area contributed by atoms with Gasteiger partial charge in [0.2, 0.25) is 0 Å². The van der Waals surface area contributed by atoms with E-state index >= 15 is 0 Å². The molecular weight excluding hydrogens is 620 g/mol. The lowest BCUT2D eigenvalue weighted by Gasteiger charge is -2.09. The highest BCUT2D eigenvalue weighted by Crippen LogP contribution is 2.02. The van der Waals surface area contributed by atoms with Crippen molar-refractivity contribution in [2.75, 3.05) is 52.6 Å². The van der Waals surface area contributed by atoms with Crippen LogP contribution in [0.15, 0.2) is 9.98 Å². The van der Waals surface area contributed by atoms with Gasteiger partial charge in [0, 0.05) is 1.43 Å². The average Bonchev–Trinajstić information content (AvgIpc) is 3.68. The topological polar surface area (TPSA) is 229 Å². The number of rotatable bonds is 11. The second-order valence-corrected chi connectivity index (χ2v) is 10.2. The number of carboxylic acids is 2. The molecular formula is C31H62N4O12. The van der Waals surface area contributed by atoms with Crippen molar-refractivity contribution in [2.45, 2.75) is 77.7 Å². The number of nitrogens with one attached hydrogen (secondary N) is 2. The van der Waals surface area contributed by atoms with Crippen molar-refractivity contribution in [3.05, 3.63) is 0 Å². The molecule has 2 aliphatic heterocycles. The van der Waals surface area contributed by atoms with E-state index in [4.69, 9.17) is 29.2 Å². The summed E-state index contributed by atoms with van der Waals surface area (Å²) in [4.78, 5) is 72.6. The van der Waals surface area contributed by atoms with E-state index in [1.54, 1.807) is 55.4 Å². The number of carbonyl (C=O) groups is 6. The van der Waals surface area contributed by atoms with Crippen molar-refractivity contribution < 1.29 is 59.4 Å². The molecule has 16 heteroatoms. The van der Waals surface area contributed by atoms with Crippen LogP contribution in [0, 0.1) is 23.7 Å². The number of aliphatic imine (C=N–C) groups is 2. The van der Waals surface area contributed by atoms with Gasteiger partial charge >= 0.3 is 35.7 Å².